The van der Waals surface area contributed by atoms with Crippen LogP contribution in [0.5, 0.6) is 0 Å². The van der Waals surface area contributed by atoms with E-state index < -0.39 is 0 Å². The molecule has 3 rings (SSSR count). The molecule has 0 saturated carbocycles. The molecular weight excluding hydrogens is 348 g/mol. The molecule has 0 saturated heterocycles. The molecule has 0 N–H and O–H groups in total. The Morgan fingerprint density at radius 3 is 2.57 bits per heavy atom. The first kappa shape index (κ1) is 14.1. The molecule has 0 atom stereocenters. The quantitative estimate of drug-likeness (QED) is 0.538. The predicted molar refractivity (Wildman–Crippen MR) is 92.2 cm³/mol. The van der Waals surface area contributed by atoms with Gasteiger partial charge in [-0.1, -0.05) is 33.6 Å². The van der Waals surface area contributed by atoms with Gasteiger partial charge < -0.3 is 4.57 Å². The third-order valence-electron chi connectivity index (χ3n) is 3.04. The highest BCUT2D eigenvalue weighted by molar-refractivity contribution is 9.10. The van der Waals surface area contributed by atoms with Crippen LogP contribution in [0.15, 0.2) is 76.3 Å². The van der Waals surface area contributed by atoms with Crippen molar-refractivity contribution < 1.29 is 0 Å². The minimum Gasteiger partial charge on any atom is -0.316 e. The van der Waals surface area contributed by atoms with Crippen molar-refractivity contribution in [3.8, 4) is 5.69 Å². The summed E-state index contributed by atoms with van der Waals surface area (Å²) in [6, 6.07) is 19.7. The van der Waals surface area contributed by atoms with E-state index in [4.69, 9.17) is 11.6 Å². The van der Waals surface area contributed by atoms with Crippen molar-refractivity contribution >= 4 is 39.4 Å². The maximum absolute atomic E-state index is 5.96. The maximum Gasteiger partial charge on any atom is 0.0645 e. The lowest BCUT2D eigenvalue weighted by molar-refractivity contribution is 1.07. The third kappa shape index (κ3) is 3.43. The molecule has 104 valence electrons. The van der Waals surface area contributed by atoms with E-state index in [0.717, 1.165) is 21.5 Å². The second-order valence-corrected chi connectivity index (χ2v) is 5.87. The number of rotatable bonds is 3. The average Bonchev–Trinajstić information content (AvgIpc) is 2.94. The fourth-order valence-electron chi connectivity index (χ4n) is 2.03. The van der Waals surface area contributed by atoms with E-state index in [1.54, 1.807) is 0 Å². The second kappa shape index (κ2) is 6.29. The number of nitrogens with zero attached hydrogens (tertiary/aromatic N) is 2. The fraction of sp³-hybridized carbons (Fsp3) is 0. The normalized spacial score (nSPS) is 11.1. The van der Waals surface area contributed by atoms with Crippen LogP contribution < -0.4 is 0 Å². The topological polar surface area (TPSA) is 17.3 Å². The lowest BCUT2D eigenvalue weighted by atomic mass is 10.3. The largest absolute Gasteiger partial charge is 0.316 e. The molecule has 1 heterocycles. The van der Waals surface area contributed by atoms with Gasteiger partial charge in [0.25, 0.3) is 0 Å². The van der Waals surface area contributed by atoms with E-state index in [2.05, 4.69) is 37.6 Å². The molecule has 4 heteroatoms. The standard InChI is InChI=1S/C17H12BrClN2/c18-13-6-8-16(9-7-13)21-10-2-5-17(21)12-20-15-4-1-3-14(19)11-15/h1-12H. The van der Waals surface area contributed by atoms with E-state index >= 15 is 0 Å². The molecule has 21 heavy (non-hydrogen) atoms. The van der Waals surface area contributed by atoms with Crippen molar-refractivity contribution in [1.82, 2.24) is 4.57 Å². The number of hydrogen-bond donors (Lipinski definition) is 0. The third-order valence-corrected chi connectivity index (χ3v) is 3.80. The molecule has 3 aromatic rings. The van der Waals surface area contributed by atoms with Crippen LogP contribution in [0.25, 0.3) is 5.69 Å². The first-order valence-electron chi connectivity index (χ1n) is 6.45. The molecule has 2 aromatic carbocycles. The van der Waals surface area contributed by atoms with E-state index in [1.807, 2.05) is 60.9 Å². The van der Waals surface area contributed by atoms with Crippen LogP contribution >= 0.6 is 27.5 Å². The summed E-state index contributed by atoms with van der Waals surface area (Å²) in [7, 11) is 0. The molecule has 0 unspecified atom stereocenters. The minimum absolute atomic E-state index is 0.688. The van der Waals surface area contributed by atoms with Crippen molar-refractivity contribution in [2.45, 2.75) is 0 Å². The molecule has 0 aliphatic carbocycles. The molecule has 0 spiro atoms. The van der Waals surface area contributed by atoms with Crippen LogP contribution in [0.2, 0.25) is 5.02 Å². The SMILES string of the molecule is Clc1cccc(N=Cc2cccn2-c2ccc(Br)cc2)c1. The summed E-state index contributed by atoms with van der Waals surface area (Å²) in [6.07, 6.45) is 3.86. The Morgan fingerprint density at radius 1 is 1.00 bits per heavy atom. The summed E-state index contributed by atoms with van der Waals surface area (Å²) in [5.74, 6) is 0. The van der Waals surface area contributed by atoms with E-state index in [-0.39, 0.29) is 0 Å². The summed E-state index contributed by atoms with van der Waals surface area (Å²) in [4.78, 5) is 4.47. The Morgan fingerprint density at radius 2 is 1.81 bits per heavy atom. The van der Waals surface area contributed by atoms with Gasteiger partial charge in [0.05, 0.1) is 17.6 Å². The molecule has 0 bridgehead atoms. The highest BCUT2D eigenvalue weighted by Gasteiger charge is 2.01. The van der Waals surface area contributed by atoms with Gasteiger partial charge in [-0.3, -0.25) is 4.99 Å². The first-order valence-corrected chi connectivity index (χ1v) is 7.62. The van der Waals surface area contributed by atoms with Crippen molar-refractivity contribution in [1.29, 1.82) is 0 Å². The van der Waals surface area contributed by atoms with Crippen LogP contribution in [-0.4, -0.2) is 10.8 Å². The van der Waals surface area contributed by atoms with Gasteiger partial charge in [0.1, 0.15) is 0 Å². The molecule has 2 nitrogen and oxygen atoms in total. The van der Waals surface area contributed by atoms with Crippen molar-refractivity contribution in [2.24, 2.45) is 4.99 Å². The summed E-state index contributed by atoms with van der Waals surface area (Å²) in [5, 5.41) is 0.688. The maximum atomic E-state index is 5.96. The highest BCUT2D eigenvalue weighted by atomic mass is 79.9. The summed E-state index contributed by atoms with van der Waals surface area (Å²) >= 11 is 9.41. The molecule has 0 aliphatic rings. The second-order valence-electron chi connectivity index (χ2n) is 4.52. The molecular formula is C17H12BrClN2. The zero-order chi connectivity index (χ0) is 14.7. The minimum atomic E-state index is 0.688. The van der Waals surface area contributed by atoms with Crippen molar-refractivity contribution in [3.63, 3.8) is 0 Å². The highest BCUT2D eigenvalue weighted by Crippen LogP contribution is 2.19. The molecule has 1 aromatic heterocycles. The number of halogens is 2. The van der Waals surface area contributed by atoms with E-state index in [1.165, 1.54) is 0 Å². The Balaban J connectivity index is 1.91. The lowest BCUT2D eigenvalue weighted by Gasteiger charge is -2.06. The Kier molecular flexibility index (Phi) is 4.23. The van der Waals surface area contributed by atoms with Gasteiger partial charge in [0.2, 0.25) is 0 Å². The summed E-state index contributed by atoms with van der Waals surface area (Å²) < 4.78 is 3.15. The van der Waals surface area contributed by atoms with Gasteiger partial charge in [-0.05, 0) is 54.6 Å². The fourth-order valence-corrected chi connectivity index (χ4v) is 2.48. The number of hydrogen-bond acceptors (Lipinski definition) is 1. The molecule has 0 fully saturated rings. The van der Waals surface area contributed by atoms with Gasteiger partial charge >= 0.3 is 0 Å². The molecule has 0 radical (unpaired) electrons. The summed E-state index contributed by atoms with van der Waals surface area (Å²) in [6.45, 7) is 0. The zero-order valence-corrected chi connectivity index (χ0v) is 13.4. The summed E-state index contributed by atoms with van der Waals surface area (Å²) in [5.41, 5.74) is 2.94. The smallest absolute Gasteiger partial charge is 0.0645 e. The van der Waals surface area contributed by atoms with Gasteiger partial charge in [-0.15, -0.1) is 0 Å². The van der Waals surface area contributed by atoms with E-state index in [0.29, 0.717) is 5.02 Å². The zero-order valence-electron chi connectivity index (χ0n) is 11.1. The predicted octanol–water partition coefficient (Wildman–Crippen LogP) is 5.64. The number of aliphatic imine (C=N–C) groups is 1. The van der Waals surface area contributed by atoms with Crippen LogP contribution in [-0.2, 0) is 0 Å². The van der Waals surface area contributed by atoms with Gasteiger partial charge in [-0.25, -0.2) is 0 Å². The van der Waals surface area contributed by atoms with Crippen molar-refractivity contribution in [2.75, 3.05) is 0 Å². The molecule has 0 amide bonds. The Bertz CT molecular complexity index is 775. The number of benzene rings is 2. The Labute approximate surface area is 136 Å². The van der Waals surface area contributed by atoms with E-state index in [9.17, 15) is 0 Å². The average molecular weight is 360 g/mol. The van der Waals surface area contributed by atoms with Crippen LogP contribution in [0.3, 0.4) is 0 Å². The van der Waals surface area contributed by atoms with Crippen LogP contribution in [0.4, 0.5) is 5.69 Å². The van der Waals surface area contributed by atoms with Gasteiger partial charge in [-0.2, -0.15) is 0 Å². The monoisotopic (exact) mass is 358 g/mol. The lowest BCUT2D eigenvalue weighted by Crippen LogP contribution is -1.97. The number of aromatic nitrogens is 1. The van der Waals surface area contributed by atoms with Crippen molar-refractivity contribution in [3.05, 3.63) is 82.0 Å². The first-order chi connectivity index (χ1) is 10.2. The van der Waals surface area contributed by atoms with Gasteiger partial charge in [0.15, 0.2) is 0 Å². The van der Waals surface area contributed by atoms with Crippen LogP contribution in [0, 0.1) is 0 Å². The molecule has 0 aliphatic heterocycles. The van der Waals surface area contributed by atoms with Crippen LogP contribution in [0.1, 0.15) is 5.69 Å². The Hall–Kier alpha value is -1.84. The van der Waals surface area contributed by atoms with Gasteiger partial charge in [0, 0.05) is 21.4 Å².